The molecule has 4 N–H and O–H groups in total. The van der Waals surface area contributed by atoms with Gasteiger partial charge in [0.05, 0.1) is 17.0 Å². The second-order valence-electron chi connectivity index (χ2n) is 7.33. The van der Waals surface area contributed by atoms with Crippen LogP contribution in [0.5, 0.6) is 11.6 Å². The third-order valence-electron chi connectivity index (χ3n) is 4.85. The van der Waals surface area contributed by atoms with Gasteiger partial charge >= 0.3 is 5.69 Å². The summed E-state index contributed by atoms with van der Waals surface area (Å²) >= 11 is 0. The molecule has 0 aliphatic carbocycles. The lowest BCUT2D eigenvalue weighted by molar-refractivity contribution is 0.307. The van der Waals surface area contributed by atoms with Crippen LogP contribution in [0.25, 0.3) is 10.9 Å². The van der Waals surface area contributed by atoms with E-state index in [1.807, 2.05) is 37.3 Å². The van der Waals surface area contributed by atoms with Crippen LogP contribution in [-0.4, -0.2) is 34.2 Å². The Hall–Kier alpha value is -3.79. The van der Waals surface area contributed by atoms with Crippen molar-refractivity contribution in [3.63, 3.8) is 0 Å². The van der Waals surface area contributed by atoms with E-state index in [1.165, 1.54) is 0 Å². The molecule has 0 aliphatic heterocycles. The fourth-order valence-corrected chi connectivity index (χ4v) is 4.42. The minimum absolute atomic E-state index is 0.0413. The first-order valence-corrected chi connectivity index (χ1v) is 11.5. The molecule has 0 saturated heterocycles. The predicted octanol–water partition coefficient (Wildman–Crippen LogP) is 2.83. The Balaban J connectivity index is 1.38. The van der Waals surface area contributed by atoms with Gasteiger partial charge in [-0.1, -0.05) is 18.2 Å². The van der Waals surface area contributed by atoms with E-state index in [2.05, 4.69) is 19.7 Å². The molecule has 2 aromatic heterocycles. The number of nitrogens with one attached hydrogen (secondary N) is 3. The molecule has 0 fully saturated rings. The first-order chi connectivity index (χ1) is 15.3. The predicted molar refractivity (Wildman–Crippen MR) is 121 cm³/mol. The van der Waals surface area contributed by atoms with Gasteiger partial charge in [-0.25, -0.2) is 13.2 Å². The van der Waals surface area contributed by atoms with Crippen molar-refractivity contribution >= 4 is 26.6 Å². The van der Waals surface area contributed by atoms with Crippen LogP contribution in [0.15, 0.2) is 59.4 Å². The van der Waals surface area contributed by atoms with Crippen molar-refractivity contribution in [1.82, 2.24) is 15.0 Å². The Morgan fingerprint density at radius 2 is 1.84 bits per heavy atom. The number of anilines is 1. The molecular formula is C22H22N4O5S. The fourth-order valence-electron chi connectivity index (χ4n) is 3.35. The molecule has 32 heavy (non-hydrogen) atoms. The highest BCUT2D eigenvalue weighted by Gasteiger charge is 2.14. The van der Waals surface area contributed by atoms with E-state index >= 15 is 0 Å². The minimum Gasteiger partial charge on any atom is -0.493 e. The first kappa shape index (κ1) is 21.4. The zero-order valence-electron chi connectivity index (χ0n) is 17.3. The quantitative estimate of drug-likeness (QED) is 0.323. The van der Waals surface area contributed by atoms with Crippen LogP contribution >= 0.6 is 0 Å². The van der Waals surface area contributed by atoms with Crippen molar-refractivity contribution < 1.29 is 18.3 Å². The lowest BCUT2D eigenvalue weighted by Crippen LogP contribution is -2.18. The van der Waals surface area contributed by atoms with Crippen molar-refractivity contribution in [2.75, 3.05) is 10.5 Å². The summed E-state index contributed by atoms with van der Waals surface area (Å²) in [5.41, 5.74) is 2.77. The van der Waals surface area contributed by atoms with Crippen LogP contribution in [0.4, 0.5) is 5.69 Å². The fraction of sp³-hybridized carbons (Fsp3) is 0.182. The maximum atomic E-state index is 12.3. The summed E-state index contributed by atoms with van der Waals surface area (Å²) in [4.78, 5) is 20.2. The molecule has 0 aliphatic rings. The summed E-state index contributed by atoms with van der Waals surface area (Å²) in [5.74, 6) is -0.0636. The number of hydrogen-bond acceptors (Lipinski definition) is 6. The van der Waals surface area contributed by atoms with Gasteiger partial charge in [0.25, 0.3) is 0 Å². The minimum atomic E-state index is -3.68. The van der Waals surface area contributed by atoms with Crippen LogP contribution in [0.3, 0.4) is 0 Å². The van der Waals surface area contributed by atoms with E-state index in [0.717, 1.165) is 22.2 Å². The number of aromatic nitrogens is 3. The number of rotatable bonds is 8. The number of aromatic hydroxyl groups is 1. The van der Waals surface area contributed by atoms with Gasteiger partial charge < -0.3 is 14.8 Å². The molecule has 10 heteroatoms. The SMILES string of the molecule is Cc1cc(COc2ccc(NS(=O)(=O)CCc3[nH]c(=O)[nH]c3O)cc2)c2ccccc2n1. The molecule has 4 aromatic rings. The Morgan fingerprint density at radius 3 is 2.56 bits per heavy atom. The normalized spacial score (nSPS) is 11.5. The molecule has 9 nitrogen and oxygen atoms in total. The second-order valence-corrected chi connectivity index (χ2v) is 9.17. The van der Waals surface area contributed by atoms with Crippen molar-refractivity contribution in [2.45, 2.75) is 20.0 Å². The third-order valence-corrected chi connectivity index (χ3v) is 6.14. The lowest BCUT2D eigenvalue weighted by atomic mass is 10.1. The molecule has 2 heterocycles. The summed E-state index contributed by atoms with van der Waals surface area (Å²) in [5, 5.41) is 10.6. The number of para-hydroxylation sites is 1. The lowest BCUT2D eigenvalue weighted by Gasteiger charge is -2.11. The third kappa shape index (κ3) is 5.09. The van der Waals surface area contributed by atoms with Gasteiger partial charge in [0.1, 0.15) is 12.4 Å². The average molecular weight is 455 g/mol. The number of nitrogens with zero attached hydrogens (tertiary/aromatic N) is 1. The van der Waals surface area contributed by atoms with Gasteiger partial charge in [0.2, 0.25) is 15.9 Å². The van der Waals surface area contributed by atoms with Crippen LogP contribution < -0.4 is 15.1 Å². The maximum absolute atomic E-state index is 12.3. The summed E-state index contributed by atoms with van der Waals surface area (Å²) < 4.78 is 33.0. The monoisotopic (exact) mass is 454 g/mol. The zero-order chi connectivity index (χ0) is 22.7. The molecule has 0 radical (unpaired) electrons. The Labute approximate surface area is 184 Å². The molecule has 0 amide bonds. The van der Waals surface area contributed by atoms with Crippen LogP contribution in [0, 0.1) is 6.92 Å². The van der Waals surface area contributed by atoms with Crippen molar-refractivity contribution in [1.29, 1.82) is 0 Å². The second kappa shape index (κ2) is 8.75. The number of benzene rings is 2. The van der Waals surface area contributed by atoms with E-state index in [0.29, 0.717) is 18.0 Å². The largest absolute Gasteiger partial charge is 0.493 e. The van der Waals surface area contributed by atoms with E-state index in [9.17, 15) is 18.3 Å². The molecule has 166 valence electrons. The van der Waals surface area contributed by atoms with Gasteiger partial charge in [0.15, 0.2) is 0 Å². The number of imidazole rings is 1. The number of fused-ring (bicyclic) bond motifs is 1. The summed E-state index contributed by atoms with van der Waals surface area (Å²) in [7, 11) is -3.68. The number of pyridine rings is 1. The van der Waals surface area contributed by atoms with E-state index in [1.54, 1.807) is 24.3 Å². The van der Waals surface area contributed by atoms with Crippen molar-refractivity contribution in [3.8, 4) is 11.6 Å². The number of aromatic amines is 2. The number of sulfonamides is 1. The van der Waals surface area contributed by atoms with Gasteiger partial charge in [0, 0.05) is 28.8 Å². The highest BCUT2D eigenvalue weighted by molar-refractivity contribution is 7.92. The van der Waals surface area contributed by atoms with Crippen molar-refractivity contribution in [2.24, 2.45) is 0 Å². The molecule has 0 atom stereocenters. The summed E-state index contributed by atoms with van der Waals surface area (Å²) in [6, 6.07) is 16.4. The molecule has 0 saturated carbocycles. The number of aryl methyl sites for hydroxylation is 2. The molecule has 0 unspecified atom stereocenters. The number of hydrogen-bond donors (Lipinski definition) is 4. The smallest absolute Gasteiger partial charge is 0.325 e. The molecule has 4 rings (SSSR count). The highest BCUT2D eigenvalue weighted by atomic mass is 32.2. The Morgan fingerprint density at radius 1 is 1.09 bits per heavy atom. The van der Waals surface area contributed by atoms with E-state index in [-0.39, 0.29) is 23.7 Å². The average Bonchev–Trinajstić information content (AvgIpc) is 3.08. The first-order valence-electron chi connectivity index (χ1n) is 9.88. The molecule has 2 aromatic carbocycles. The van der Waals surface area contributed by atoms with Gasteiger partial charge in [-0.3, -0.25) is 14.7 Å². The van der Waals surface area contributed by atoms with Crippen LogP contribution in [-0.2, 0) is 23.1 Å². The molecule has 0 bridgehead atoms. The van der Waals surface area contributed by atoms with Gasteiger partial charge in [-0.15, -0.1) is 0 Å². The topological polar surface area (TPSA) is 137 Å². The Kier molecular flexibility index (Phi) is 5.87. The van der Waals surface area contributed by atoms with E-state index in [4.69, 9.17) is 4.74 Å². The van der Waals surface area contributed by atoms with Gasteiger partial charge in [-0.2, -0.15) is 0 Å². The Bertz CT molecular complexity index is 1410. The highest BCUT2D eigenvalue weighted by Crippen LogP contribution is 2.22. The number of ether oxygens (including phenoxy) is 1. The molecule has 0 spiro atoms. The summed E-state index contributed by atoms with van der Waals surface area (Å²) in [6.07, 6.45) is -0.0413. The maximum Gasteiger partial charge on any atom is 0.325 e. The van der Waals surface area contributed by atoms with Gasteiger partial charge in [-0.05, 0) is 43.3 Å². The van der Waals surface area contributed by atoms with Crippen LogP contribution in [0.2, 0.25) is 0 Å². The number of H-pyrrole nitrogens is 2. The van der Waals surface area contributed by atoms with E-state index < -0.39 is 15.7 Å². The zero-order valence-corrected chi connectivity index (χ0v) is 18.1. The van der Waals surface area contributed by atoms with Crippen LogP contribution in [0.1, 0.15) is 17.0 Å². The summed E-state index contributed by atoms with van der Waals surface area (Å²) in [6.45, 7) is 2.29. The molecular weight excluding hydrogens is 432 g/mol. The standard InChI is InChI=1S/C22H22N4O5S/c1-14-12-15(18-4-2-3-5-19(18)23-14)13-31-17-8-6-16(7-9-17)26-32(29,30)11-10-20-21(27)25-22(28)24-20/h2-9,12,26-27H,10-11,13H2,1H3,(H2,24,25,28). The van der Waals surface area contributed by atoms with Crippen molar-refractivity contribution in [3.05, 3.63) is 82.0 Å².